The van der Waals surface area contributed by atoms with Crippen molar-refractivity contribution >= 4 is 0 Å². The van der Waals surface area contributed by atoms with Crippen LogP contribution in [0.5, 0.6) is 0 Å². The van der Waals surface area contributed by atoms with Gasteiger partial charge in [0.25, 0.3) is 0 Å². The molecule has 0 aromatic carbocycles. The fourth-order valence-corrected chi connectivity index (χ4v) is 2.27. The maximum atomic E-state index is 5.23. The van der Waals surface area contributed by atoms with E-state index in [9.17, 15) is 0 Å². The first kappa shape index (κ1) is 12.9. The van der Waals surface area contributed by atoms with Gasteiger partial charge in [-0.1, -0.05) is 6.92 Å². The van der Waals surface area contributed by atoms with Gasteiger partial charge in [0.15, 0.2) is 0 Å². The lowest BCUT2D eigenvalue weighted by Gasteiger charge is -2.32. The maximum Gasteiger partial charge on any atom is 0.0502 e. The molecule has 0 aromatic rings. The molecule has 1 unspecified atom stereocenters. The van der Waals surface area contributed by atoms with Crippen LogP contribution in [0, 0.1) is 5.92 Å². The second-order valence-corrected chi connectivity index (χ2v) is 4.51. The van der Waals surface area contributed by atoms with Gasteiger partial charge in [0.1, 0.15) is 0 Å². The molecule has 15 heavy (non-hydrogen) atoms. The molecule has 1 atom stereocenters. The Balaban J connectivity index is 2.07. The number of hydrogen-bond donors (Lipinski definition) is 1. The highest BCUT2D eigenvalue weighted by molar-refractivity contribution is 4.73. The predicted octanol–water partition coefficient (Wildman–Crippen LogP) is 1.34. The largest absolute Gasteiger partial charge is 0.384 e. The number of rotatable bonds is 7. The summed E-state index contributed by atoms with van der Waals surface area (Å²) >= 11 is 0. The van der Waals surface area contributed by atoms with Gasteiger partial charge < -0.3 is 15.0 Å². The summed E-state index contributed by atoms with van der Waals surface area (Å²) in [6.07, 6.45) is 3.90. The number of methoxy groups -OCH3 is 1. The summed E-state index contributed by atoms with van der Waals surface area (Å²) in [6.45, 7) is 9.11. The Bertz CT molecular complexity index is 151. The lowest BCUT2D eigenvalue weighted by Crippen LogP contribution is -2.40. The third-order valence-corrected chi connectivity index (χ3v) is 3.04. The Morgan fingerprint density at radius 2 is 2.27 bits per heavy atom. The highest BCUT2D eigenvalue weighted by Crippen LogP contribution is 2.15. The van der Waals surface area contributed by atoms with E-state index in [4.69, 9.17) is 4.74 Å². The van der Waals surface area contributed by atoms with E-state index < -0.39 is 0 Å². The summed E-state index contributed by atoms with van der Waals surface area (Å²) in [4.78, 5) is 2.57. The van der Waals surface area contributed by atoms with Gasteiger partial charge in [-0.15, -0.1) is 0 Å². The first-order valence-electron chi connectivity index (χ1n) is 6.28. The molecule has 1 rings (SSSR count). The molecule has 0 amide bonds. The van der Waals surface area contributed by atoms with Crippen molar-refractivity contribution in [2.24, 2.45) is 5.92 Å². The molecule has 0 bridgehead atoms. The van der Waals surface area contributed by atoms with Gasteiger partial charge in [-0.05, 0) is 38.3 Å². The summed E-state index contributed by atoms with van der Waals surface area (Å²) in [5.41, 5.74) is 0. The molecule has 1 heterocycles. The van der Waals surface area contributed by atoms with Crippen molar-refractivity contribution in [3.63, 3.8) is 0 Å². The minimum absolute atomic E-state index is 0.759. The van der Waals surface area contributed by atoms with Crippen LogP contribution in [0.4, 0.5) is 0 Å². The SMILES string of the molecule is CCCNCCN1CCCC(COC)C1. The van der Waals surface area contributed by atoms with Crippen LogP contribution in [0.1, 0.15) is 26.2 Å². The van der Waals surface area contributed by atoms with Gasteiger partial charge in [-0.25, -0.2) is 0 Å². The number of ether oxygens (including phenoxy) is 1. The Kier molecular flexibility index (Phi) is 6.98. The first-order chi connectivity index (χ1) is 7.36. The van der Waals surface area contributed by atoms with Crippen molar-refractivity contribution in [3.8, 4) is 0 Å². The second-order valence-electron chi connectivity index (χ2n) is 4.51. The van der Waals surface area contributed by atoms with Gasteiger partial charge in [-0.2, -0.15) is 0 Å². The van der Waals surface area contributed by atoms with Crippen LogP contribution in [0.3, 0.4) is 0 Å². The monoisotopic (exact) mass is 214 g/mol. The summed E-state index contributed by atoms with van der Waals surface area (Å²) in [6, 6.07) is 0. The van der Waals surface area contributed by atoms with Crippen molar-refractivity contribution in [1.29, 1.82) is 0 Å². The minimum atomic E-state index is 0.759. The van der Waals surface area contributed by atoms with Crippen molar-refractivity contribution in [1.82, 2.24) is 10.2 Å². The average Bonchev–Trinajstić information content (AvgIpc) is 2.26. The predicted molar refractivity (Wildman–Crippen MR) is 64.2 cm³/mol. The van der Waals surface area contributed by atoms with E-state index >= 15 is 0 Å². The Labute approximate surface area is 94.2 Å². The molecule has 3 nitrogen and oxygen atoms in total. The zero-order valence-electron chi connectivity index (χ0n) is 10.3. The summed E-state index contributed by atoms with van der Waals surface area (Å²) in [5, 5.41) is 3.46. The lowest BCUT2D eigenvalue weighted by molar-refractivity contribution is 0.0911. The summed E-state index contributed by atoms with van der Waals surface area (Å²) in [5.74, 6) is 0.759. The van der Waals surface area contributed by atoms with Gasteiger partial charge >= 0.3 is 0 Å². The number of nitrogens with zero attached hydrogens (tertiary/aromatic N) is 1. The number of piperidine rings is 1. The maximum absolute atomic E-state index is 5.23. The van der Waals surface area contributed by atoms with Crippen molar-refractivity contribution in [2.75, 3.05) is 46.4 Å². The van der Waals surface area contributed by atoms with E-state index in [0.717, 1.165) is 25.6 Å². The van der Waals surface area contributed by atoms with Crippen LogP contribution in [0.25, 0.3) is 0 Å². The molecule has 0 saturated carbocycles. The number of likely N-dealkylation sites (tertiary alicyclic amines) is 1. The van der Waals surface area contributed by atoms with Crippen molar-refractivity contribution in [2.45, 2.75) is 26.2 Å². The molecular formula is C12H26N2O. The summed E-state index contributed by atoms with van der Waals surface area (Å²) < 4.78 is 5.23. The number of nitrogens with one attached hydrogen (secondary N) is 1. The molecule has 0 aromatic heterocycles. The van der Waals surface area contributed by atoms with E-state index in [1.54, 1.807) is 0 Å². The van der Waals surface area contributed by atoms with Crippen LogP contribution in [0.15, 0.2) is 0 Å². The van der Waals surface area contributed by atoms with Crippen LogP contribution < -0.4 is 5.32 Å². The van der Waals surface area contributed by atoms with E-state index in [-0.39, 0.29) is 0 Å². The highest BCUT2D eigenvalue weighted by atomic mass is 16.5. The van der Waals surface area contributed by atoms with Gasteiger partial charge in [0, 0.05) is 26.7 Å². The van der Waals surface area contributed by atoms with E-state index in [2.05, 4.69) is 17.1 Å². The molecule has 90 valence electrons. The van der Waals surface area contributed by atoms with Gasteiger partial charge in [0.2, 0.25) is 0 Å². The van der Waals surface area contributed by atoms with Crippen LogP contribution in [-0.2, 0) is 4.74 Å². The molecule has 0 spiro atoms. The Hall–Kier alpha value is -0.120. The Morgan fingerprint density at radius 3 is 3.00 bits per heavy atom. The van der Waals surface area contributed by atoms with E-state index in [1.165, 1.54) is 38.9 Å². The zero-order valence-corrected chi connectivity index (χ0v) is 10.3. The number of hydrogen-bond acceptors (Lipinski definition) is 3. The highest BCUT2D eigenvalue weighted by Gasteiger charge is 2.18. The molecule has 1 fully saturated rings. The third kappa shape index (κ3) is 5.50. The van der Waals surface area contributed by atoms with Gasteiger partial charge in [-0.3, -0.25) is 0 Å². The summed E-state index contributed by atoms with van der Waals surface area (Å²) in [7, 11) is 1.81. The standard InChI is InChI=1S/C12H26N2O/c1-3-6-13-7-9-14-8-4-5-12(10-14)11-15-2/h12-13H,3-11H2,1-2H3. The average molecular weight is 214 g/mol. The molecule has 1 aliphatic heterocycles. The molecule has 0 aliphatic carbocycles. The minimum Gasteiger partial charge on any atom is -0.384 e. The molecule has 0 radical (unpaired) electrons. The molecule has 3 heteroatoms. The smallest absolute Gasteiger partial charge is 0.0502 e. The van der Waals surface area contributed by atoms with Gasteiger partial charge in [0.05, 0.1) is 6.61 Å². The normalized spacial score (nSPS) is 23.2. The molecule has 1 saturated heterocycles. The Morgan fingerprint density at radius 1 is 1.40 bits per heavy atom. The quantitative estimate of drug-likeness (QED) is 0.647. The fraction of sp³-hybridized carbons (Fsp3) is 1.00. The van der Waals surface area contributed by atoms with Crippen LogP contribution in [0.2, 0.25) is 0 Å². The van der Waals surface area contributed by atoms with E-state index in [1.807, 2.05) is 7.11 Å². The first-order valence-corrected chi connectivity index (χ1v) is 6.28. The van der Waals surface area contributed by atoms with E-state index in [0.29, 0.717) is 0 Å². The van der Waals surface area contributed by atoms with Crippen LogP contribution in [-0.4, -0.2) is 51.3 Å². The van der Waals surface area contributed by atoms with Crippen molar-refractivity contribution in [3.05, 3.63) is 0 Å². The molecular weight excluding hydrogens is 188 g/mol. The zero-order chi connectivity index (χ0) is 10.9. The second kappa shape index (κ2) is 8.08. The van der Waals surface area contributed by atoms with Crippen LogP contribution >= 0.6 is 0 Å². The fourth-order valence-electron chi connectivity index (χ4n) is 2.27. The molecule has 1 aliphatic rings. The van der Waals surface area contributed by atoms with Crippen molar-refractivity contribution < 1.29 is 4.74 Å². The topological polar surface area (TPSA) is 24.5 Å². The third-order valence-electron chi connectivity index (χ3n) is 3.04. The lowest BCUT2D eigenvalue weighted by atomic mass is 9.99. The molecule has 1 N–H and O–H groups in total.